The smallest absolute Gasteiger partial charge is 0.305 e. The zero-order valence-electron chi connectivity index (χ0n) is 24.7. The van der Waals surface area contributed by atoms with Crippen molar-refractivity contribution in [1.82, 2.24) is 10.2 Å². The van der Waals surface area contributed by atoms with Crippen LogP contribution in [-0.2, 0) is 4.79 Å². The van der Waals surface area contributed by atoms with Crippen LogP contribution in [0.1, 0.15) is 54.7 Å². The second-order valence-electron chi connectivity index (χ2n) is 10.7. The minimum absolute atomic E-state index is 0.0707. The Morgan fingerprint density at radius 1 is 0.804 bits per heavy atom. The molecule has 0 spiro atoms. The number of nitrogens with one attached hydrogen (secondary N) is 2. The SMILES string of the molecule is N#Cc1ccc(C(=O)Nc2cc(C(=O)NC(CC(=O)O)c3ccc(F)cc3)ccc2N2CCN(C(=O)c3ccccc3)CC2)cc1. The van der Waals surface area contributed by atoms with E-state index >= 15 is 0 Å². The Labute approximate surface area is 264 Å². The van der Waals surface area contributed by atoms with E-state index in [1.54, 1.807) is 29.2 Å². The molecule has 1 heterocycles. The lowest BCUT2D eigenvalue weighted by Gasteiger charge is -2.37. The Morgan fingerprint density at radius 3 is 2.09 bits per heavy atom. The molecule has 0 saturated carbocycles. The number of carboxylic acid groups (broad SMARTS) is 1. The zero-order valence-corrected chi connectivity index (χ0v) is 24.7. The van der Waals surface area contributed by atoms with Gasteiger partial charge in [-0.3, -0.25) is 19.2 Å². The molecule has 232 valence electrons. The quantitative estimate of drug-likeness (QED) is 0.243. The first-order valence-electron chi connectivity index (χ1n) is 14.5. The van der Waals surface area contributed by atoms with Gasteiger partial charge in [0.15, 0.2) is 0 Å². The number of halogens is 1. The molecular weight excluding hydrogens is 589 g/mol. The molecule has 3 amide bonds. The van der Waals surface area contributed by atoms with Gasteiger partial charge in [-0.2, -0.15) is 5.26 Å². The molecule has 1 fully saturated rings. The number of carbonyl (C=O) groups is 4. The second kappa shape index (κ2) is 14.2. The first-order valence-corrected chi connectivity index (χ1v) is 14.5. The Kier molecular flexibility index (Phi) is 9.68. The third-order valence-corrected chi connectivity index (χ3v) is 7.67. The summed E-state index contributed by atoms with van der Waals surface area (Å²) >= 11 is 0. The standard InChI is InChI=1S/C35H30FN5O5/c36-28-13-10-24(11-14-28)29(21-32(42)43)38-34(45)27-12-15-31(30(20-27)39-33(44)25-8-6-23(22-37)7-9-25)40-16-18-41(19-17-40)35(46)26-4-2-1-3-5-26/h1-15,20,29H,16-19,21H2,(H,38,45)(H,39,44)(H,42,43). The Morgan fingerprint density at radius 2 is 1.46 bits per heavy atom. The van der Waals surface area contributed by atoms with Gasteiger partial charge in [-0.25, -0.2) is 4.39 Å². The third-order valence-electron chi connectivity index (χ3n) is 7.67. The van der Waals surface area contributed by atoms with Crippen LogP contribution in [0.4, 0.5) is 15.8 Å². The topological polar surface area (TPSA) is 143 Å². The number of piperazine rings is 1. The van der Waals surface area contributed by atoms with Gasteiger partial charge in [0.1, 0.15) is 5.82 Å². The van der Waals surface area contributed by atoms with Crippen LogP contribution >= 0.6 is 0 Å². The fourth-order valence-electron chi connectivity index (χ4n) is 5.22. The molecule has 10 nitrogen and oxygen atoms in total. The summed E-state index contributed by atoms with van der Waals surface area (Å²) in [5, 5.41) is 24.2. The summed E-state index contributed by atoms with van der Waals surface area (Å²) in [6.45, 7) is 1.81. The molecule has 0 bridgehead atoms. The summed E-state index contributed by atoms with van der Waals surface area (Å²) in [6.07, 6.45) is -0.427. The number of nitriles is 1. The lowest BCUT2D eigenvalue weighted by atomic mass is 10.0. The molecule has 4 aromatic carbocycles. The normalized spacial score (nSPS) is 13.3. The number of carboxylic acids is 1. The Bertz CT molecular complexity index is 1780. The maximum Gasteiger partial charge on any atom is 0.305 e. The Balaban J connectivity index is 1.40. The van der Waals surface area contributed by atoms with E-state index in [4.69, 9.17) is 5.26 Å². The number of hydrogen-bond acceptors (Lipinski definition) is 6. The summed E-state index contributed by atoms with van der Waals surface area (Å²) in [5.74, 6) is -2.76. The highest BCUT2D eigenvalue weighted by molar-refractivity contribution is 6.07. The number of amides is 3. The first-order chi connectivity index (χ1) is 22.2. The molecule has 0 aliphatic carbocycles. The van der Waals surface area contributed by atoms with Crippen LogP contribution in [0.3, 0.4) is 0 Å². The van der Waals surface area contributed by atoms with Crippen LogP contribution in [-0.4, -0.2) is 59.9 Å². The van der Waals surface area contributed by atoms with Crippen molar-refractivity contribution in [2.24, 2.45) is 0 Å². The van der Waals surface area contributed by atoms with Crippen LogP contribution in [0.25, 0.3) is 0 Å². The number of nitrogens with zero attached hydrogens (tertiary/aromatic N) is 3. The monoisotopic (exact) mass is 619 g/mol. The van der Waals surface area contributed by atoms with E-state index in [0.717, 1.165) is 0 Å². The molecule has 1 atom stereocenters. The summed E-state index contributed by atoms with van der Waals surface area (Å²) in [7, 11) is 0. The number of carbonyl (C=O) groups excluding carboxylic acids is 3. The number of hydrogen-bond donors (Lipinski definition) is 3. The summed E-state index contributed by atoms with van der Waals surface area (Å²) < 4.78 is 13.5. The van der Waals surface area contributed by atoms with Crippen LogP contribution in [0.2, 0.25) is 0 Å². The van der Waals surface area contributed by atoms with Crippen molar-refractivity contribution < 1.29 is 28.7 Å². The van der Waals surface area contributed by atoms with E-state index in [2.05, 4.69) is 10.6 Å². The average molecular weight is 620 g/mol. The second-order valence-corrected chi connectivity index (χ2v) is 10.7. The Hall–Kier alpha value is -6.02. The summed E-state index contributed by atoms with van der Waals surface area (Å²) in [6, 6.07) is 26.2. The lowest BCUT2D eigenvalue weighted by molar-refractivity contribution is -0.137. The van der Waals surface area contributed by atoms with Crippen LogP contribution < -0.4 is 15.5 Å². The molecule has 1 unspecified atom stereocenters. The molecule has 1 aliphatic rings. The maximum atomic E-state index is 13.5. The van der Waals surface area contributed by atoms with Crippen molar-refractivity contribution in [3.05, 3.63) is 131 Å². The molecule has 46 heavy (non-hydrogen) atoms. The fraction of sp³-hybridized carbons (Fsp3) is 0.171. The van der Waals surface area contributed by atoms with Gasteiger partial charge in [0.05, 0.1) is 35.5 Å². The van der Waals surface area contributed by atoms with Crippen molar-refractivity contribution in [2.45, 2.75) is 12.5 Å². The predicted molar refractivity (Wildman–Crippen MR) is 169 cm³/mol. The zero-order chi connectivity index (χ0) is 32.6. The van der Waals surface area contributed by atoms with Gasteiger partial charge >= 0.3 is 5.97 Å². The molecular formula is C35H30FN5O5. The van der Waals surface area contributed by atoms with E-state index in [-0.39, 0.29) is 11.5 Å². The highest BCUT2D eigenvalue weighted by Gasteiger charge is 2.26. The van der Waals surface area contributed by atoms with Gasteiger partial charge in [0, 0.05) is 42.9 Å². The third kappa shape index (κ3) is 7.54. The molecule has 0 radical (unpaired) electrons. The molecule has 1 saturated heterocycles. The van der Waals surface area contributed by atoms with Gasteiger partial charge in [0.25, 0.3) is 17.7 Å². The summed E-state index contributed by atoms with van der Waals surface area (Å²) in [4.78, 5) is 55.0. The number of anilines is 2. The van der Waals surface area contributed by atoms with Crippen molar-refractivity contribution in [2.75, 3.05) is 36.4 Å². The van der Waals surface area contributed by atoms with Gasteiger partial charge in [-0.15, -0.1) is 0 Å². The molecule has 1 aliphatic heterocycles. The van der Waals surface area contributed by atoms with Crippen LogP contribution in [0.15, 0.2) is 97.1 Å². The van der Waals surface area contributed by atoms with E-state index in [1.807, 2.05) is 29.2 Å². The van der Waals surface area contributed by atoms with Crippen molar-refractivity contribution in [3.63, 3.8) is 0 Å². The highest BCUT2D eigenvalue weighted by Crippen LogP contribution is 2.30. The molecule has 11 heteroatoms. The average Bonchev–Trinajstić information content (AvgIpc) is 3.08. The van der Waals surface area contributed by atoms with Crippen LogP contribution in [0.5, 0.6) is 0 Å². The van der Waals surface area contributed by atoms with E-state index < -0.39 is 36.1 Å². The largest absolute Gasteiger partial charge is 0.481 e. The fourth-order valence-corrected chi connectivity index (χ4v) is 5.22. The minimum Gasteiger partial charge on any atom is -0.481 e. The van der Waals surface area contributed by atoms with Crippen LogP contribution in [0, 0.1) is 17.1 Å². The van der Waals surface area contributed by atoms with Gasteiger partial charge < -0.3 is 25.5 Å². The molecule has 0 aromatic heterocycles. The van der Waals surface area contributed by atoms with Gasteiger partial charge in [-0.1, -0.05) is 30.3 Å². The van der Waals surface area contributed by atoms with Gasteiger partial charge in [0.2, 0.25) is 0 Å². The molecule has 3 N–H and O–H groups in total. The lowest BCUT2D eigenvalue weighted by Crippen LogP contribution is -2.49. The molecule has 4 aromatic rings. The number of benzene rings is 4. The van der Waals surface area contributed by atoms with Crippen molar-refractivity contribution >= 4 is 35.1 Å². The first kappa shape index (κ1) is 31.4. The predicted octanol–water partition coefficient (Wildman–Crippen LogP) is 4.86. The number of rotatable bonds is 9. The highest BCUT2D eigenvalue weighted by atomic mass is 19.1. The molecule has 5 rings (SSSR count). The van der Waals surface area contributed by atoms with Crippen molar-refractivity contribution in [1.29, 1.82) is 5.26 Å². The van der Waals surface area contributed by atoms with Gasteiger partial charge in [-0.05, 0) is 72.3 Å². The number of aliphatic carboxylic acids is 1. The minimum atomic E-state index is -1.15. The van der Waals surface area contributed by atoms with E-state index in [9.17, 15) is 28.7 Å². The van der Waals surface area contributed by atoms with E-state index in [0.29, 0.717) is 59.8 Å². The maximum absolute atomic E-state index is 13.5. The van der Waals surface area contributed by atoms with Crippen molar-refractivity contribution in [3.8, 4) is 6.07 Å². The summed E-state index contributed by atoms with van der Waals surface area (Å²) in [5.41, 5.74) is 2.85. The van der Waals surface area contributed by atoms with E-state index in [1.165, 1.54) is 54.6 Å².